The van der Waals surface area contributed by atoms with Crippen LogP contribution in [0.3, 0.4) is 0 Å². The number of nitrogens with one attached hydrogen (secondary N) is 1. The highest BCUT2D eigenvalue weighted by atomic mass is 19.4. The first-order valence-corrected chi connectivity index (χ1v) is 9.13. The number of phenolic OH excluding ortho intramolecular Hbond substituents is 1. The third-order valence-corrected chi connectivity index (χ3v) is 4.46. The van der Waals surface area contributed by atoms with Crippen LogP contribution in [0.2, 0.25) is 0 Å². The van der Waals surface area contributed by atoms with Crippen LogP contribution in [-0.2, 0) is 9.53 Å². The number of methoxy groups -OCH3 is 1. The van der Waals surface area contributed by atoms with E-state index in [0.717, 1.165) is 43.5 Å². The highest BCUT2D eigenvalue weighted by Gasteiger charge is 2.43. The van der Waals surface area contributed by atoms with Crippen LogP contribution in [0.4, 0.5) is 22.0 Å². The molecule has 0 radical (unpaired) electrons. The molecule has 0 saturated heterocycles. The lowest BCUT2D eigenvalue weighted by Crippen LogP contribution is -2.45. The van der Waals surface area contributed by atoms with Crippen molar-refractivity contribution in [3.05, 3.63) is 53.6 Å². The fourth-order valence-corrected chi connectivity index (χ4v) is 3.09. The van der Waals surface area contributed by atoms with Crippen LogP contribution in [0.5, 0.6) is 5.75 Å². The van der Waals surface area contributed by atoms with Crippen molar-refractivity contribution in [3.8, 4) is 16.9 Å². The first kappa shape index (κ1) is 23.6. The molecule has 0 fully saturated rings. The Hall–Kier alpha value is -2.68. The zero-order valence-electron chi connectivity index (χ0n) is 16.6. The maximum Gasteiger partial charge on any atom is 0.407 e. The van der Waals surface area contributed by atoms with E-state index in [9.17, 15) is 31.9 Å². The van der Waals surface area contributed by atoms with Crippen molar-refractivity contribution in [2.24, 2.45) is 5.92 Å². The van der Waals surface area contributed by atoms with Gasteiger partial charge in [-0.15, -0.1) is 0 Å². The Morgan fingerprint density at radius 3 is 2.30 bits per heavy atom. The van der Waals surface area contributed by atoms with Gasteiger partial charge < -0.3 is 9.84 Å². The van der Waals surface area contributed by atoms with Crippen molar-refractivity contribution in [1.29, 1.82) is 0 Å². The zero-order valence-corrected chi connectivity index (χ0v) is 16.6. The Morgan fingerprint density at radius 1 is 1.10 bits per heavy atom. The summed E-state index contributed by atoms with van der Waals surface area (Å²) in [5, 5.41) is 12.2. The summed E-state index contributed by atoms with van der Waals surface area (Å²) in [7, 11) is 1.08. The van der Waals surface area contributed by atoms with E-state index < -0.39 is 41.6 Å². The molecule has 164 valence electrons. The Balaban J connectivity index is 2.51. The minimum atomic E-state index is -4.82. The van der Waals surface area contributed by atoms with Gasteiger partial charge in [0.2, 0.25) is 0 Å². The summed E-state index contributed by atoms with van der Waals surface area (Å²) in [6, 6.07) is 1.89. The summed E-state index contributed by atoms with van der Waals surface area (Å²) in [6.07, 6.45) is -4.73. The maximum atomic E-state index is 14.3. The molecule has 2 N–H and O–H groups in total. The number of hydrogen-bond acceptors (Lipinski definition) is 4. The third-order valence-electron chi connectivity index (χ3n) is 4.46. The van der Waals surface area contributed by atoms with Gasteiger partial charge in [0.15, 0.2) is 0 Å². The SMILES string of the molecule is COC(=O)[C@H](CC(C)C)NC(c1ccc(F)c(-c2ccc(F)cc2O)c1)C(F)(F)F. The third kappa shape index (κ3) is 5.69. The van der Waals surface area contributed by atoms with Crippen molar-refractivity contribution in [3.63, 3.8) is 0 Å². The average molecular weight is 431 g/mol. The molecule has 0 aliphatic rings. The number of benzene rings is 2. The van der Waals surface area contributed by atoms with Gasteiger partial charge in [0.1, 0.15) is 29.5 Å². The summed E-state index contributed by atoms with van der Waals surface area (Å²) >= 11 is 0. The number of phenols is 1. The van der Waals surface area contributed by atoms with E-state index >= 15 is 0 Å². The van der Waals surface area contributed by atoms with Crippen molar-refractivity contribution < 1.29 is 36.6 Å². The molecular formula is C21H22F5NO3. The number of carbonyl (C=O) groups excluding carboxylic acids is 1. The predicted molar refractivity (Wildman–Crippen MR) is 101 cm³/mol. The van der Waals surface area contributed by atoms with Gasteiger partial charge in [0.25, 0.3) is 0 Å². The quantitative estimate of drug-likeness (QED) is 0.472. The van der Waals surface area contributed by atoms with Gasteiger partial charge in [-0.1, -0.05) is 19.9 Å². The highest BCUT2D eigenvalue weighted by molar-refractivity contribution is 5.76. The highest BCUT2D eigenvalue weighted by Crippen LogP contribution is 2.38. The van der Waals surface area contributed by atoms with E-state index in [0.29, 0.717) is 0 Å². The molecule has 4 nitrogen and oxygen atoms in total. The number of ether oxygens (including phenoxy) is 1. The molecule has 0 heterocycles. The second kappa shape index (κ2) is 9.42. The molecule has 0 aliphatic carbocycles. The number of alkyl halides is 3. The minimum absolute atomic E-state index is 0.0893. The standard InChI is InChI=1S/C21H22F5NO3/c1-11(2)8-17(20(29)30-3)27-19(21(24,25)26)12-4-7-16(23)15(9-12)14-6-5-13(22)10-18(14)28/h4-7,9-11,17,19,27-28H,8H2,1-3H3/t17-,19?/m0/s1. The van der Waals surface area contributed by atoms with Crippen molar-refractivity contribution in [2.45, 2.75) is 38.5 Å². The van der Waals surface area contributed by atoms with Crippen LogP contribution in [-0.4, -0.2) is 30.4 Å². The fourth-order valence-electron chi connectivity index (χ4n) is 3.09. The first-order valence-electron chi connectivity index (χ1n) is 9.13. The lowest BCUT2D eigenvalue weighted by atomic mass is 9.96. The lowest BCUT2D eigenvalue weighted by Gasteiger charge is -2.28. The van der Waals surface area contributed by atoms with Gasteiger partial charge in [-0.05, 0) is 42.2 Å². The second-order valence-corrected chi connectivity index (χ2v) is 7.25. The fraction of sp³-hybridized carbons (Fsp3) is 0.381. The monoisotopic (exact) mass is 431 g/mol. The van der Waals surface area contributed by atoms with E-state index in [2.05, 4.69) is 10.1 Å². The number of esters is 1. The summed E-state index contributed by atoms with van der Waals surface area (Å²) in [5.41, 5.74) is -0.872. The second-order valence-electron chi connectivity index (χ2n) is 7.25. The van der Waals surface area contributed by atoms with E-state index in [1.165, 1.54) is 0 Å². The molecular weight excluding hydrogens is 409 g/mol. The van der Waals surface area contributed by atoms with Crippen LogP contribution >= 0.6 is 0 Å². The Morgan fingerprint density at radius 2 is 1.77 bits per heavy atom. The summed E-state index contributed by atoms with van der Waals surface area (Å²) in [5.74, 6) is -3.24. The molecule has 0 aliphatic heterocycles. The van der Waals surface area contributed by atoms with Crippen LogP contribution in [0.25, 0.3) is 11.1 Å². The van der Waals surface area contributed by atoms with E-state index in [1.807, 2.05) is 0 Å². The van der Waals surface area contributed by atoms with Gasteiger partial charge >= 0.3 is 12.1 Å². The minimum Gasteiger partial charge on any atom is -0.507 e. The lowest BCUT2D eigenvalue weighted by molar-refractivity contribution is -0.164. The molecule has 2 aromatic carbocycles. The largest absolute Gasteiger partial charge is 0.507 e. The molecule has 30 heavy (non-hydrogen) atoms. The normalized spacial score (nSPS) is 13.9. The molecule has 0 amide bonds. The van der Waals surface area contributed by atoms with E-state index in [1.54, 1.807) is 13.8 Å². The topological polar surface area (TPSA) is 58.6 Å². The molecule has 0 spiro atoms. The van der Waals surface area contributed by atoms with Gasteiger partial charge in [-0.25, -0.2) is 8.78 Å². The predicted octanol–water partition coefficient (Wildman–Crippen LogP) is 5.12. The van der Waals surface area contributed by atoms with Crippen molar-refractivity contribution >= 4 is 5.97 Å². The molecule has 2 atom stereocenters. The number of halogens is 5. The maximum absolute atomic E-state index is 14.3. The molecule has 1 unspecified atom stereocenters. The van der Waals surface area contributed by atoms with Gasteiger partial charge in [0.05, 0.1) is 7.11 Å². The number of hydrogen-bond donors (Lipinski definition) is 2. The smallest absolute Gasteiger partial charge is 0.407 e. The summed E-state index contributed by atoms with van der Waals surface area (Å²) in [6.45, 7) is 3.49. The molecule has 2 aromatic rings. The van der Waals surface area contributed by atoms with Crippen LogP contribution in [0.1, 0.15) is 31.9 Å². The molecule has 0 bridgehead atoms. The van der Waals surface area contributed by atoms with Crippen LogP contribution in [0, 0.1) is 17.6 Å². The molecule has 0 saturated carbocycles. The van der Waals surface area contributed by atoms with Crippen LogP contribution < -0.4 is 5.32 Å². The van der Waals surface area contributed by atoms with E-state index in [-0.39, 0.29) is 29.0 Å². The van der Waals surface area contributed by atoms with Gasteiger partial charge in [-0.2, -0.15) is 13.2 Å². The number of aromatic hydroxyl groups is 1. The Labute approximate surface area is 170 Å². The zero-order chi connectivity index (χ0) is 22.6. The molecule has 0 aromatic heterocycles. The van der Waals surface area contributed by atoms with Crippen LogP contribution in [0.15, 0.2) is 36.4 Å². The Bertz CT molecular complexity index is 899. The Kier molecular flexibility index (Phi) is 7.41. The van der Waals surface area contributed by atoms with Crippen molar-refractivity contribution in [1.82, 2.24) is 5.32 Å². The summed E-state index contributed by atoms with van der Waals surface area (Å²) in [4.78, 5) is 12.0. The average Bonchev–Trinajstić information content (AvgIpc) is 2.64. The number of carbonyl (C=O) groups is 1. The number of rotatable bonds is 7. The summed E-state index contributed by atoms with van der Waals surface area (Å²) < 4.78 is 73.7. The molecule has 2 rings (SSSR count). The molecule has 9 heteroatoms. The van der Waals surface area contributed by atoms with E-state index in [4.69, 9.17) is 0 Å². The van der Waals surface area contributed by atoms with Gasteiger partial charge in [-0.3, -0.25) is 10.1 Å². The van der Waals surface area contributed by atoms with Crippen molar-refractivity contribution in [2.75, 3.05) is 7.11 Å². The van der Waals surface area contributed by atoms with Gasteiger partial charge in [0, 0.05) is 17.2 Å². The first-order chi connectivity index (χ1) is 13.9.